The van der Waals surface area contributed by atoms with Gasteiger partial charge in [-0.25, -0.2) is 13.0 Å². The molecule has 0 fully saturated rings. The van der Waals surface area contributed by atoms with Crippen LogP contribution in [0.3, 0.4) is 0 Å². The number of hydrogen-bond donors (Lipinski definition) is 0. The maximum absolute atomic E-state index is 14.3. The lowest BCUT2D eigenvalue weighted by molar-refractivity contribution is 0.394. The van der Waals surface area contributed by atoms with Crippen molar-refractivity contribution in [2.45, 2.75) is 11.8 Å². The molecule has 0 radical (unpaired) electrons. The lowest BCUT2D eigenvalue weighted by Crippen LogP contribution is -2.00. The van der Waals surface area contributed by atoms with Crippen LogP contribution in [-0.2, 0) is 9.73 Å². The molecule has 0 aliphatic heterocycles. The zero-order valence-electron chi connectivity index (χ0n) is 12.9. The summed E-state index contributed by atoms with van der Waals surface area (Å²) in [7, 11) is -3.13. The number of benzene rings is 2. The molecule has 0 spiro atoms. The van der Waals surface area contributed by atoms with E-state index >= 15 is 0 Å². The molecule has 3 rings (SSSR count). The highest BCUT2D eigenvalue weighted by molar-refractivity contribution is 7.93. The second-order valence-corrected chi connectivity index (χ2v) is 7.35. The predicted molar refractivity (Wildman–Crippen MR) is 85.2 cm³/mol. The Hall–Kier alpha value is -2.61. The van der Waals surface area contributed by atoms with Crippen LogP contribution in [0.2, 0.25) is 0 Å². The van der Waals surface area contributed by atoms with Crippen LogP contribution in [0.4, 0.5) is 14.5 Å². The summed E-state index contributed by atoms with van der Waals surface area (Å²) in [5.74, 6) is -0.756. The highest BCUT2D eigenvalue weighted by Crippen LogP contribution is 2.27. The Morgan fingerprint density at radius 2 is 1.88 bits per heavy atom. The highest BCUT2D eigenvalue weighted by Gasteiger charge is 2.14. The van der Waals surface area contributed by atoms with E-state index in [1.807, 2.05) is 0 Å². The van der Waals surface area contributed by atoms with Gasteiger partial charge in [0.25, 0.3) is 0 Å². The minimum absolute atomic E-state index is 0.0673. The first-order valence-corrected chi connectivity index (χ1v) is 8.86. The fourth-order valence-corrected chi connectivity index (χ4v) is 3.51. The Morgan fingerprint density at radius 3 is 2.50 bits per heavy atom. The molecule has 3 aromatic rings. The minimum Gasteiger partial charge on any atom is -0.339 e. The monoisotopic (exact) mass is 349 g/mol. The lowest BCUT2D eigenvalue weighted by atomic mass is 10.2. The van der Waals surface area contributed by atoms with Crippen LogP contribution in [0.25, 0.3) is 11.4 Å². The number of hydrogen-bond acceptors (Lipinski definition) is 5. The molecule has 2 aromatic carbocycles. The van der Waals surface area contributed by atoms with Gasteiger partial charge in [-0.15, -0.1) is 0 Å². The zero-order chi connectivity index (χ0) is 17.3. The number of rotatable bonds is 3. The second kappa shape index (κ2) is 6.12. The molecule has 8 heteroatoms. The van der Waals surface area contributed by atoms with Crippen LogP contribution in [-0.4, -0.2) is 20.6 Å². The van der Waals surface area contributed by atoms with Gasteiger partial charge in [0.2, 0.25) is 11.7 Å². The van der Waals surface area contributed by atoms with Crippen LogP contribution in [0.5, 0.6) is 0 Å². The topological polar surface area (TPSA) is 68.3 Å². The van der Waals surface area contributed by atoms with E-state index in [0.717, 1.165) is 0 Å². The van der Waals surface area contributed by atoms with Crippen molar-refractivity contribution in [3.63, 3.8) is 0 Å². The number of aromatic nitrogens is 2. The molecule has 0 amide bonds. The van der Waals surface area contributed by atoms with Gasteiger partial charge in [0.1, 0.15) is 17.3 Å². The van der Waals surface area contributed by atoms with E-state index in [-0.39, 0.29) is 16.4 Å². The maximum atomic E-state index is 14.3. The average molecular weight is 349 g/mol. The SMILES string of the molecule is Cc1nc(-c2ccc(N=S(C)(=O)c3ccccc3F)c(F)c2)no1. The Morgan fingerprint density at radius 1 is 1.12 bits per heavy atom. The fourth-order valence-electron chi connectivity index (χ4n) is 2.13. The van der Waals surface area contributed by atoms with E-state index in [2.05, 4.69) is 14.5 Å². The summed E-state index contributed by atoms with van der Waals surface area (Å²) in [6, 6.07) is 9.64. The summed E-state index contributed by atoms with van der Waals surface area (Å²) in [5, 5.41) is 3.70. The van der Waals surface area contributed by atoms with Crippen LogP contribution >= 0.6 is 0 Å². The van der Waals surface area contributed by atoms with Gasteiger partial charge < -0.3 is 4.52 Å². The molecule has 0 saturated heterocycles. The molecule has 24 heavy (non-hydrogen) atoms. The van der Waals surface area contributed by atoms with Crippen molar-refractivity contribution in [3.05, 3.63) is 60.0 Å². The maximum Gasteiger partial charge on any atom is 0.223 e. The summed E-state index contributed by atoms with van der Waals surface area (Å²) in [6.45, 7) is 1.62. The molecule has 0 N–H and O–H groups in total. The van der Waals surface area contributed by atoms with Crippen molar-refractivity contribution in [3.8, 4) is 11.4 Å². The molecule has 1 heterocycles. The van der Waals surface area contributed by atoms with Gasteiger partial charge >= 0.3 is 0 Å². The van der Waals surface area contributed by atoms with Crippen molar-refractivity contribution in [2.75, 3.05) is 6.26 Å². The summed E-state index contributed by atoms with van der Waals surface area (Å²) >= 11 is 0. The van der Waals surface area contributed by atoms with E-state index in [9.17, 15) is 13.0 Å². The van der Waals surface area contributed by atoms with E-state index < -0.39 is 21.4 Å². The summed E-state index contributed by atoms with van der Waals surface area (Å²) in [5.41, 5.74) is 0.270. The average Bonchev–Trinajstić information content (AvgIpc) is 2.96. The number of halogens is 2. The first-order valence-electron chi connectivity index (χ1n) is 6.94. The molecule has 1 aromatic heterocycles. The van der Waals surface area contributed by atoms with Crippen molar-refractivity contribution in [1.82, 2.24) is 10.1 Å². The smallest absolute Gasteiger partial charge is 0.223 e. The first-order chi connectivity index (χ1) is 11.4. The Labute approximate surface area is 137 Å². The molecule has 0 aliphatic rings. The van der Waals surface area contributed by atoms with E-state index in [4.69, 9.17) is 4.52 Å². The third-order valence-electron chi connectivity index (χ3n) is 3.25. The van der Waals surface area contributed by atoms with Gasteiger partial charge in [-0.2, -0.15) is 9.35 Å². The zero-order valence-corrected chi connectivity index (χ0v) is 13.7. The fraction of sp³-hybridized carbons (Fsp3) is 0.125. The van der Waals surface area contributed by atoms with Gasteiger partial charge in [0, 0.05) is 18.7 Å². The molecule has 0 bridgehead atoms. The van der Waals surface area contributed by atoms with Crippen molar-refractivity contribution < 1.29 is 17.5 Å². The predicted octanol–water partition coefficient (Wildman–Crippen LogP) is 4.11. The molecular formula is C16H13F2N3O2S. The standard InChI is InChI=1S/C16H13F2N3O2S/c1-10-19-16(20-23-10)11-7-8-14(13(18)9-11)21-24(2,22)15-6-4-3-5-12(15)17/h3-9H,1-2H3. The van der Waals surface area contributed by atoms with Gasteiger partial charge in [0.15, 0.2) is 0 Å². The Kier molecular flexibility index (Phi) is 4.15. The van der Waals surface area contributed by atoms with Crippen molar-refractivity contribution in [1.29, 1.82) is 0 Å². The molecule has 0 aliphatic carbocycles. The van der Waals surface area contributed by atoms with E-state index in [0.29, 0.717) is 11.5 Å². The summed E-state index contributed by atoms with van der Waals surface area (Å²) < 4.78 is 49.5. The van der Waals surface area contributed by atoms with Gasteiger partial charge in [-0.05, 0) is 30.3 Å². The van der Waals surface area contributed by atoms with Crippen LogP contribution < -0.4 is 0 Å². The van der Waals surface area contributed by atoms with Crippen LogP contribution in [0.1, 0.15) is 5.89 Å². The lowest BCUT2D eigenvalue weighted by Gasteiger charge is -2.06. The van der Waals surface area contributed by atoms with Crippen LogP contribution in [0.15, 0.2) is 56.2 Å². The largest absolute Gasteiger partial charge is 0.339 e. The van der Waals surface area contributed by atoms with Gasteiger partial charge in [-0.3, -0.25) is 0 Å². The van der Waals surface area contributed by atoms with E-state index in [1.54, 1.807) is 13.0 Å². The Bertz CT molecular complexity index is 1020. The molecule has 0 saturated carbocycles. The third-order valence-corrected chi connectivity index (χ3v) is 4.94. The normalized spacial score (nSPS) is 13.5. The second-order valence-electron chi connectivity index (χ2n) is 5.13. The Balaban J connectivity index is 2.04. The number of aryl methyl sites for hydroxylation is 1. The van der Waals surface area contributed by atoms with Gasteiger partial charge in [0.05, 0.1) is 14.6 Å². The van der Waals surface area contributed by atoms with Crippen molar-refractivity contribution in [2.24, 2.45) is 4.36 Å². The highest BCUT2D eigenvalue weighted by atomic mass is 32.2. The molecule has 124 valence electrons. The summed E-state index contributed by atoms with van der Waals surface area (Å²) in [6.07, 6.45) is 1.27. The third kappa shape index (κ3) is 3.18. The quantitative estimate of drug-likeness (QED) is 0.713. The van der Waals surface area contributed by atoms with Crippen LogP contribution in [0, 0.1) is 18.6 Å². The molecule has 5 nitrogen and oxygen atoms in total. The molecule has 1 unspecified atom stereocenters. The molecule has 1 atom stereocenters. The molecular weight excluding hydrogens is 336 g/mol. The number of nitrogens with zero attached hydrogens (tertiary/aromatic N) is 3. The summed E-state index contributed by atoms with van der Waals surface area (Å²) in [4.78, 5) is 3.94. The minimum atomic E-state index is -3.13. The van der Waals surface area contributed by atoms with Crippen molar-refractivity contribution >= 4 is 15.4 Å². The van der Waals surface area contributed by atoms with Gasteiger partial charge in [-0.1, -0.05) is 17.3 Å². The first kappa shape index (κ1) is 16.3. The van der Waals surface area contributed by atoms with E-state index in [1.165, 1.54) is 42.7 Å².